The predicted molar refractivity (Wildman–Crippen MR) is 85.1 cm³/mol. The summed E-state index contributed by atoms with van der Waals surface area (Å²) in [4.78, 5) is 35.7. The number of carbonyl (C=O) groups is 2. The van der Waals surface area contributed by atoms with Crippen molar-refractivity contribution < 1.29 is 9.59 Å². The predicted octanol–water partition coefficient (Wildman–Crippen LogP) is 1.08. The van der Waals surface area contributed by atoms with Crippen molar-refractivity contribution in [2.24, 2.45) is 0 Å². The van der Waals surface area contributed by atoms with Gasteiger partial charge in [-0.15, -0.1) is 11.3 Å². The zero-order chi connectivity index (χ0) is 15.9. The van der Waals surface area contributed by atoms with Gasteiger partial charge in [-0.1, -0.05) is 6.07 Å². The summed E-state index contributed by atoms with van der Waals surface area (Å²) in [6.07, 6.45) is 4.53. The highest BCUT2D eigenvalue weighted by Crippen LogP contribution is 2.16. The molecule has 0 unspecified atom stereocenters. The molecule has 2 N–H and O–H groups in total. The van der Waals surface area contributed by atoms with E-state index in [0.717, 1.165) is 10.4 Å². The second-order valence-corrected chi connectivity index (χ2v) is 5.45. The first kappa shape index (κ1) is 15.7. The fraction of sp³-hybridized carbons (Fsp3) is 0.133. The summed E-state index contributed by atoms with van der Waals surface area (Å²) >= 11 is 1.53. The van der Waals surface area contributed by atoms with Gasteiger partial charge in [-0.2, -0.15) is 0 Å². The Hall–Kier alpha value is -2.67. The van der Waals surface area contributed by atoms with Crippen LogP contribution in [0, 0.1) is 6.92 Å². The molecule has 22 heavy (non-hydrogen) atoms. The van der Waals surface area contributed by atoms with Gasteiger partial charge in [0.05, 0.1) is 0 Å². The first-order valence-corrected chi connectivity index (χ1v) is 7.40. The number of aryl methyl sites for hydroxylation is 1. The SMILES string of the molecule is Cc1ccsc1/C=C/C(=O)NNC(=O)Cn1ccccc1=O. The molecule has 2 heterocycles. The number of hydrazine groups is 1. The van der Waals surface area contributed by atoms with Gasteiger partial charge in [0, 0.05) is 23.2 Å². The van der Waals surface area contributed by atoms with Gasteiger partial charge < -0.3 is 4.57 Å². The zero-order valence-electron chi connectivity index (χ0n) is 11.9. The minimum Gasteiger partial charge on any atom is -0.306 e. The molecule has 6 nitrogen and oxygen atoms in total. The number of amides is 2. The van der Waals surface area contributed by atoms with Crippen molar-refractivity contribution in [3.8, 4) is 0 Å². The minimum atomic E-state index is -0.484. The van der Waals surface area contributed by atoms with Crippen LogP contribution < -0.4 is 16.4 Å². The quantitative estimate of drug-likeness (QED) is 0.654. The largest absolute Gasteiger partial charge is 0.306 e. The summed E-state index contributed by atoms with van der Waals surface area (Å²) in [6, 6.07) is 6.56. The maximum atomic E-state index is 11.6. The molecule has 0 spiro atoms. The van der Waals surface area contributed by atoms with Crippen LogP contribution in [0.2, 0.25) is 0 Å². The molecule has 0 aliphatic rings. The Kier molecular flexibility index (Phi) is 5.26. The van der Waals surface area contributed by atoms with E-state index in [2.05, 4.69) is 10.9 Å². The number of nitrogens with zero attached hydrogens (tertiary/aromatic N) is 1. The number of hydrogen-bond acceptors (Lipinski definition) is 4. The second kappa shape index (κ2) is 7.37. The third-order valence-electron chi connectivity index (χ3n) is 2.83. The lowest BCUT2D eigenvalue weighted by Crippen LogP contribution is -2.43. The molecule has 0 aliphatic heterocycles. The van der Waals surface area contributed by atoms with Crippen LogP contribution in [-0.2, 0) is 16.1 Å². The number of carbonyl (C=O) groups excluding carboxylic acids is 2. The number of rotatable bonds is 4. The van der Waals surface area contributed by atoms with Crippen molar-refractivity contribution in [3.05, 3.63) is 62.7 Å². The normalized spacial score (nSPS) is 10.6. The topological polar surface area (TPSA) is 80.2 Å². The van der Waals surface area contributed by atoms with Crippen LogP contribution in [-0.4, -0.2) is 16.4 Å². The maximum absolute atomic E-state index is 11.6. The Labute approximate surface area is 131 Å². The van der Waals surface area contributed by atoms with Crippen LogP contribution in [0.5, 0.6) is 0 Å². The monoisotopic (exact) mass is 317 g/mol. The highest BCUT2D eigenvalue weighted by molar-refractivity contribution is 7.11. The molecule has 114 valence electrons. The lowest BCUT2D eigenvalue weighted by Gasteiger charge is -2.06. The van der Waals surface area contributed by atoms with E-state index in [1.54, 1.807) is 18.2 Å². The molecule has 7 heteroatoms. The van der Waals surface area contributed by atoms with Crippen molar-refractivity contribution in [2.75, 3.05) is 0 Å². The van der Waals surface area contributed by atoms with Gasteiger partial charge in [0.25, 0.3) is 17.4 Å². The van der Waals surface area contributed by atoms with E-state index in [1.165, 1.54) is 34.2 Å². The van der Waals surface area contributed by atoms with Crippen LogP contribution >= 0.6 is 11.3 Å². The van der Waals surface area contributed by atoms with Crippen LogP contribution in [0.25, 0.3) is 6.08 Å². The number of nitrogens with one attached hydrogen (secondary N) is 2. The summed E-state index contributed by atoms with van der Waals surface area (Å²) in [5.41, 5.74) is 5.33. The Balaban J connectivity index is 1.82. The molecule has 0 aliphatic carbocycles. The molecule has 2 aromatic rings. The average molecular weight is 317 g/mol. The Bertz CT molecular complexity index is 761. The van der Waals surface area contributed by atoms with Crippen LogP contribution in [0.1, 0.15) is 10.4 Å². The van der Waals surface area contributed by atoms with Gasteiger partial charge >= 0.3 is 0 Å². The van der Waals surface area contributed by atoms with Crippen LogP contribution in [0.15, 0.2) is 46.7 Å². The van der Waals surface area contributed by atoms with Crippen LogP contribution in [0.4, 0.5) is 0 Å². The van der Waals surface area contributed by atoms with Gasteiger partial charge in [-0.3, -0.25) is 25.2 Å². The highest BCUT2D eigenvalue weighted by Gasteiger charge is 2.04. The molecule has 0 radical (unpaired) electrons. The molecule has 0 bridgehead atoms. The Morgan fingerprint density at radius 2 is 2.09 bits per heavy atom. The molecule has 0 fully saturated rings. The van der Waals surface area contributed by atoms with Gasteiger partial charge in [-0.05, 0) is 36.1 Å². The van der Waals surface area contributed by atoms with Gasteiger partial charge in [0.1, 0.15) is 6.54 Å². The summed E-state index contributed by atoms with van der Waals surface area (Å²) < 4.78 is 1.24. The standard InChI is InChI=1S/C15H15N3O3S/c1-11-7-9-22-12(11)5-6-13(19)16-17-14(20)10-18-8-3-2-4-15(18)21/h2-9H,10H2,1H3,(H,16,19)(H,17,20)/b6-5+. The van der Waals surface area contributed by atoms with Crippen molar-refractivity contribution in [1.82, 2.24) is 15.4 Å². The fourth-order valence-electron chi connectivity index (χ4n) is 1.67. The zero-order valence-corrected chi connectivity index (χ0v) is 12.7. The third kappa shape index (κ3) is 4.42. The highest BCUT2D eigenvalue weighted by atomic mass is 32.1. The third-order valence-corrected chi connectivity index (χ3v) is 3.81. The van der Waals surface area contributed by atoms with Gasteiger partial charge in [0.2, 0.25) is 0 Å². The molecule has 0 aromatic carbocycles. The molecular weight excluding hydrogens is 302 g/mol. The van der Waals surface area contributed by atoms with Crippen molar-refractivity contribution in [2.45, 2.75) is 13.5 Å². The van der Waals surface area contributed by atoms with E-state index in [-0.39, 0.29) is 12.1 Å². The molecule has 2 rings (SSSR count). The van der Waals surface area contributed by atoms with Gasteiger partial charge in [0.15, 0.2) is 0 Å². The summed E-state index contributed by atoms with van der Waals surface area (Å²) in [5.74, 6) is -0.927. The summed E-state index contributed by atoms with van der Waals surface area (Å²) in [7, 11) is 0. The number of hydrogen-bond donors (Lipinski definition) is 2. The minimum absolute atomic E-state index is 0.159. The molecule has 2 aromatic heterocycles. The average Bonchev–Trinajstić information content (AvgIpc) is 2.91. The number of thiophene rings is 1. The smallest absolute Gasteiger partial charge is 0.262 e. The molecule has 0 saturated heterocycles. The van der Waals surface area contributed by atoms with E-state index in [4.69, 9.17) is 0 Å². The lowest BCUT2D eigenvalue weighted by molar-refractivity contribution is -0.127. The summed E-state index contributed by atoms with van der Waals surface area (Å²) in [6.45, 7) is 1.79. The Morgan fingerprint density at radius 3 is 2.77 bits per heavy atom. The Morgan fingerprint density at radius 1 is 1.27 bits per heavy atom. The number of aromatic nitrogens is 1. The van der Waals surface area contributed by atoms with E-state index in [0.29, 0.717) is 0 Å². The van der Waals surface area contributed by atoms with Gasteiger partial charge in [-0.25, -0.2) is 0 Å². The fourth-order valence-corrected chi connectivity index (χ4v) is 2.48. The van der Waals surface area contributed by atoms with Crippen LogP contribution in [0.3, 0.4) is 0 Å². The molecule has 0 atom stereocenters. The molecular formula is C15H15N3O3S. The van der Waals surface area contributed by atoms with Crippen molar-refractivity contribution in [1.29, 1.82) is 0 Å². The summed E-state index contributed by atoms with van der Waals surface area (Å²) in [5, 5.41) is 1.94. The first-order chi connectivity index (χ1) is 10.6. The van der Waals surface area contributed by atoms with Crippen molar-refractivity contribution in [3.63, 3.8) is 0 Å². The van der Waals surface area contributed by atoms with E-state index < -0.39 is 11.8 Å². The molecule has 0 saturated carbocycles. The number of pyridine rings is 1. The van der Waals surface area contributed by atoms with E-state index in [1.807, 2.05) is 18.4 Å². The first-order valence-electron chi connectivity index (χ1n) is 6.53. The lowest BCUT2D eigenvalue weighted by atomic mass is 10.3. The van der Waals surface area contributed by atoms with E-state index >= 15 is 0 Å². The molecule has 2 amide bonds. The second-order valence-electron chi connectivity index (χ2n) is 4.51. The maximum Gasteiger partial charge on any atom is 0.262 e. The van der Waals surface area contributed by atoms with Crippen molar-refractivity contribution >= 4 is 29.2 Å². The van der Waals surface area contributed by atoms with E-state index in [9.17, 15) is 14.4 Å².